The number of nitrogens with one attached hydrogen (secondary N) is 1. The van der Waals surface area contributed by atoms with Crippen LogP contribution in [0.3, 0.4) is 0 Å². The largest absolute Gasteiger partial charge is 0.378 e. The molecule has 1 N–H and O–H groups in total. The van der Waals surface area contributed by atoms with Crippen LogP contribution in [-0.2, 0) is 0 Å². The number of hydrogen-bond donors (Lipinski definition) is 1. The van der Waals surface area contributed by atoms with Crippen LogP contribution < -0.4 is 5.32 Å². The van der Waals surface area contributed by atoms with Crippen LogP contribution in [0.1, 0.15) is 31.2 Å². The van der Waals surface area contributed by atoms with Crippen LogP contribution in [0.15, 0.2) is 18.5 Å². The first-order valence-electron chi connectivity index (χ1n) is 5.51. The zero-order valence-corrected chi connectivity index (χ0v) is 9.85. The highest BCUT2D eigenvalue weighted by Gasteiger charge is 2.32. The highest BCUT2D eigenvalue weighted by molar-refractivity contribution is 6.18. The summed E-state index contributed by atoms with van der Waals surface area (Å²) in [6.07, 6.45) is 8.63. The van der Waals surface area contributed by atoms with E-state index in [0.717, 1.165) is 0 Å². The number of halogens is 1. The maximum atomic E-state index is 6.09. The molecule has 2 nitrogen and oxygen atoms in total. The SMILES string of the molecule is Cc1cnccc1NC1(CCl)CCCC1. The van der Waals surface area contributed by atoms with Crippen LogP contribution in [-0.4, -0.2) is 16.4 Å². The minimum atomic E-state index is 0.119. The smallest absolute Gasteiger partial charge is 0.0508 e. The summed E-state index contributed by atoms with van der Waals surface area (Å²) in [5.74, 6) is 0.689. The van der Waals surface area contributed by atoms with Crippen LogP contribution in [0.4, 0.5) is 5.69 Å². The van der Waals surface area contributed by atoms with Crippen molar-refractivity contribution < 1.29 is 0 Å². The third-order valence-electron chi connectivity index (χ3n) is 3.24. The zero-order chi connectivity index (χ0) is 10.7. The lowest BCUT2D eigenvalue weighted by molar-refractivity contribution is 0.539. The molecule has 15 heavy (non-hydrogen) atoms. The highest BCUT2D eigenvalue weighted by Crippen LogP contribution is 2.34. The first kappa shape index (κ1) is 10.7. The average molecular weight is 225 g/mol. The molecule has 2 rings (SSSR count). The van der Waals surface area contributed by atoms with Crippen molar-refractivity contribution in [2.75, 3.05) is 11.2 Å². The number of aromatic nitrogens is 1. The molecule has 1 heterocycles. The van der Waals surface area contributed by atoms with E-state index >= 15 is 0 Å². The Hall–Kier alpha value is -0.760. The monoisotopic (exact) mass is 224 g/mol. The van der Waals surface area contributed by atoms with Crippen molar-refractivity contribution in [1.82, 2.24) is 4.98 Å². The lowest BCUT2D eigenvalue weighted by Gasteiger charge is -2.29. The van der Waals surface area contributed by atoms with Gasteiger partial charge < -0.3 is 5.32 Å². The Morgan fingerprint density at radius 1 is 1.47 bits per heavy atom. The van der Waals surface area contributed by atoms with Gasteiger partial charge in [0.05, 0.1) is 5.54 Å². The van der Waals surface area contributed by atoms with Crippen molar-refractivity contribution in [3.05, 3.63) is 24.0 Å². The Morgan fingerprint density at radius 2 is 2.20 bits per heavy atom. The molecule has 3 heteroatoms. The Bertz CT molecular complexity index is 332. The summed E-state index contributed by atoms with van der Waals surface area (Å²) in [5.41, 5.74) is 2.48. The molecule has 0 atom stereocenters. The van der Waals surface area contributed by atoms with Gasteiger partial charge >= 0.3 is 0 Å². The predicted molar refractivity (Wildman–Crippen MR) is 64.5 cm³/mol. The minimum Gasteiger partial charge on any atom is -0.378 e. The van der Waals surface area contributed by atoms with Gasteiger partial charge in [-0.25, -0.2) is 0 Å². The molecular weight excluding hydrogens is 208 g/mol. The minimum absolute atomic E-state index is 0.119. The van der Waals surface area contributed by atoms with E-state index in [1.54, 1.807) is 0 Å². The maximum Gasteiger partial charge on any atom is 0.0508 e. The fourth-order valence-electron chi connectivity index (χ4n) is 2.24. The van der Waals surface area contributed by atoms with Gasteiger partial charge in [0.2, 0.25) is 0 Å². The van der Waals surface area contributed by atoms with Crippen molar-refractivity contribution in [3.8, 4) is 0 Å². The van der Waals surface area contributed by atoms with Gasteiger partial charge in [-0.15, -0.1) is 11.6 Å². The van der Waals surface area contributed by atoms with Gasteiger partial charge in [0, 0.05) is 24.0 Å². The molecule has 0 unspecified atom stereocenters. The fourth-order valence-corrected chi connectivity index (χ4v) is 2.58. The topological polar surface area (TPSA) is 24.9 Å². The Morgan fingerprint density at radius 3 is 2.80 bits per heavy atom. The third kappa shape index (κ3) is 2.25. The Kier molecular flexibility index (Phi) is 3.15. The fraction of sp³-hybridized carbons (Fsp3) is 0.583. The first-order chi connectivity index (χ1) is 7.26. The van der Waals surface area contributed by atoms with Crippen molar-refractivity contribution in [3.63, 3.8) is 0 Å². The molecular formula is C12H17ClN2. The summed E-state index contributed by atoms with van der Waals surface area (Å²) < 4.78 is 0. The molecule has 1 saturated carbocycles. The second-order valence-electron chi connectivity index (χ2n) is 4.44. The Balaban J connectivity index is 2.16. The van der Waals surface area contributed by atoms with Gasteiger partial charge in [-0.1, -0.05) is 12.8 Å². The van der Waals surface area contributed by atoms with E-state index in [1.165, 1.54) is 36.9 Å². The second kappa shape index (κ2) is 4.40. The van der Waals surface area contributed by atoms with Crippen molar-refractivity contribution in [2.24, 2.45) is 0 Å². The van der Waals surface area contributed by atoms with Crippen LogP contribution in [0.2, 0.25) is 0 Å². The van der Waals surface area contributed by atoms with Crippen LogP contribution >= 0.6 is 11.6 Å². The number of anilines is 1. The lowest BCUT2D eigenvalue weighted by atomic mass is 9.99. The maximum absolute atomic E-state index is 6.09. The van der Waals surface area contributed by atoms with Gasteiger partial charge in [-0.3, -0.25) is 4.98 Å². The molecule has 1 aromatic heterocycles. The quantitative estimate of drug-likeness (QED) is 0.797. The molecule has 0 bridgehead atoms. The number of alkyl halides is 1. The number of pyridine rings is 1. The van der Waals surface area contributed by atoms with Gasteiger partial charge in [-0.2, -0.15) is 0 Å². The summed E-state index contributed by atoms with van der Waals surface area (Å²) in [5, 5.41) is 3.60. The summed E-state index contributed by atoms with van der Waals surface area (Å²) in [4.78, 5) is 4.10. The predicted octanol–water partition coefficient (Wildman–Crippen LogP) is 3.35. The highest BCUT2D eigenvalue weighted by atomic mass is 35.5. The van der Waals surface area contributed by atoms with E-state index in [-0.39, 0.29) is 5.54 Å². The number of nitrogens with zero attached hydrogens (tertiary/aromatic N) is 1. The van der Waals surface area contributed by atoms with Crippen LogP contribution in [0, 0.1) is 6.92 Å². The normalized spacial score (nSPS) is 19.1. The van der Waals surface area contributed by atoms with Gasteiger partial charge in [0.15, 0.2) is 0 Å². The molecule has 0 aliphatic heterocycles. The molecule has 1 aliphatic carbocycles. The van der Waals surface area contributed by atoms with Crippen molar-refractivity contribution in [2.45, 2.75) is 38.1 Å². The Labute approximate surface area is 96.1 Å². The number of rotatable bonds is 3. The number of aryl methyl sites for hydroxylation is 1. The summed E-state index contributed by atoms with van der Waals surface area (Å²) in [6, 6.07) is 2.03. The van der Waals surface area contributed by atoms with Gasteiger partial charge in [-0.05, 0) is 31.4 Å². The third-order valence-corrected chi connectivity index (χ3v) is 3.75. The number of hydrogen-bond acceptors (Lipinski definition) is 2. The molecule has 0 spiro atoms. The van der Waals surface area contributed by atoms with E-state index in [2.05, 4.69) is 17.2 Å². The molecule has 0 saturated heterocycles. The summed E-state index contributed by atoms with van der Waals surface area (Å²) in [6.45, 7) is 2.08. The van der Waals surface area contributed by atoms with E-state index in [0.29, 0.717) is 5.88 Å². The van der Waals surface area contributed by atoms with Gasteiger partial charge in [0.25, 0.3) is 0 Å². The van der Waals surface area contributed by atoms with E-state index < -0.39 is 0 Å². The van der Waals surface area contributed by atoms with E-state index in [9.17, 15) is 0 Å². The molecule has 1 aromatic rings. The molecule has 82 valence electrons. The molecule has 0 aromatic carbocycles. The average Bonchev–Trinajstić information content (AvgIpc) is 2.71. The first-order valence-corrected chi connectivity index (χ1v) is 6.04. The summed E-state index contributed by atoms with van der Waals surface area (Å²) in [7, 11) is 0. The van der Waals surface area contributed by atoms with Crippen molar-refractivity contribution >= 4 is 17.3 Å². The van der Waals surface area contributed by atoms with Crippen molar-refractivity contribution in [1.29, 1.82) is 0 Å². The molecule has 0 radical (unpaired) electrons. The molecule has 1 aliphatic rings. The molecule has 1 fully saturated rings. The zero-order valence-electron chi connectivity index (χ0n) is 9.09. The van der Waals surface area contributed by atoms with E-state index in [4.69, 9.17) is 11.6 Å². The summed E-state index contributed by atoms with van der Waals surface area (Å²) >= 11 is 6.09. The lowest BCUT2D eigenvalue weighted by Crippen LogP contribution is -2.37. The van der Waals surface area contributed by atoms with Gasteiger partial charge in [0.1, 0.15) is 0 Å². The van der Waals surface area contributed by atoms with E-state index in [1.807, 2.05) is 18.5 Å². The van der Waals surface area contributed by atoms with Crippen LogP contribution in [0.25, 0.3) is 0 Å². The second-order valence-corrected chi connectivity index (χ2v) is 4.70. The van der Waals surface area contributed by atoms with Crippen LogP contribution in [0.5, 0.6) is 0 Å². The standard InChI is InChI=1S/C12H17ClN2/c1-10-8-14-7-4-11(10)15-12(9-13)5-2-3-6-12/h4,7-8H,2-3,5-6,9H2,1H3,(H,14,15). The molecule has 0 amide bonds.